The predicted molar refractivity (Wildman–Crippen MR) is 33.4 cm³/mol. The van der Waals surface area contributed by atoms with Gasteiger partial charge in [0.2, 0.25) is 0 Å². The average molecular weight is 124 g/mol. The molecule has 0 aliphatic heterocycles. The fraction of sp³-hybridized carbons (Fsp3) is 0.200. The first-order valence-corrected chi connectivity index (χ1v) is 2.65. The van der Waals surface area contributed by atoms with Crippen LogP contribution in [0.15, 0.2) is 18.5 Å². The van der Waals surface area contributed by atoms with Crippen molar-refractivity contribution in [2.75, 3.05) is 0 Å². The second-order valence-corrected chi connectivity index (χ2v) is 1.60. The Morgan fingerprint density at radius 1 is 1.78 bits per heavy atom. The van der Waals surface area contributed by atoms with Crippen LogP contribution in [0, 0.1) is 0 Å². The molecule has 0 atom stereocenters. The number of nitrogens with zero attached hydrogens (tertiary/aromatic N) is 2. The van der Waals surface area contributed by atoms with Gasteiger partial charge in [0.25, 0.3) is 0 Å². The van der Waals surface area contributed by atoms with Crippen molar-refractivity contribution >= 4 is 0 Å². The molecule has 0 spiro atoms. The van der Waals surface area contributed by atoms with E-state index in [-0.39, 0.29) is 0 Å². The van der Waals surface area contributed by atoms with E-state index in [4.69, 9.17) is 5.73 Å². The number of H-pyrrole nitrogens is 1. The van der Waals surface area contributed by atoms with Crippen LogP contribution in [-0.2, 0) is 6.42 Å². The van der Waals surface area contributed by atoms with Crippen molar-refractivity contribution in [3.05, 3.63) is 24.2 Å². The van der Waals surface area contributed by atoms with E-state index < -0.39 is 0 Å². The van der Waals surface area contributed by atoms with E-state index in [1.165, 1.54) is 6.20 Å². The van der Waals surface area contributed by atoms with Crippen LogP contribution < -0.4 is 5.73 Å². The lowest BCUT2D eigenvalue weighted by atomic mass is 10.3. The highest BCUT2D eigenvalue weighted by Gasteiger charge is 1.88. The molecule has 0 aliphatic rings. The number of aromatic nitrogens is 3. The number of nitrogens with two attached hydrogens (primary N) is 1. The van der Waals surface area contributed by atoms with Crippen LogP contribution >= 0.6 is 0 Å². The topological polar surface area (TPSA) is 67.6 Å². The molecule has 1 aromatic heterocycles. The van der Waals surface area contributed by atoms with Gasteiger partial charge in [-0.2, -0.15) is 0 Å². The molecule has 4 nitrogen and oxygen atoms in total. The fourth-order valence-corrected chi connectivity index (χ4v) is 0.514. The van der Waals surface area contributed by atoms with Crippen LogP contribution in [-0.4, -0.2) is 15.4 Å². The first-order chi connectivity index (χ1) is 4.43. The van der Waals surface area contributed by atoms with Gasteiger partial charge in [-0.15, -0.1) is 5.10 Å². The molecule has 0 bridgehead atoms. The molecule has 1 rings (SSSR count). The summed E-state index contributed by atoms with van der Waals surface area (Å²) in [4.78, 5) is 0. The van der Waals surface area contributed by atoms with Crippen LogP contribution in [0.5, 0.6) is 0 Å². The van der Waals surface area contributed by atoms with Crippen molar-refractivity contribution in [3.63, 3.8) is 0 Å². The first-order valence-electron chi connectivity index (χ1n) is 2.65. The second-order valence-electron chi connectivity index (χ2n) is 1.60. The highest BCUT2D eigenvalue weighted by atomic mass is 15.3. The van der Waals surface area contributed by atoms with Crippen LogP contribution in [0.3, 0.4) is 0 Å². The SMILES string of the molecule is NC=CCc1c[nH]nn1. The van der Waals surface area contributed by atoms with Crippen LogP contribution in [0.25, 0.3) is 0 Å². The number of nitrogens with one attached hydrogen (secondary N) is 1. The molecule has 48 valence electrons. The van der Waals surface area contributed by atoms with Gasteiger partial charge < -0.3 is 5.73 Å². The zero-order valence-corrected chi connectivity index (χ0v) is 4.91. The molecule has 1 heterocycles. The molecular formula is C5H8N4. The lowest BCUT2D eigenvalue weighted by Gasteiger charge is -1.80. The van der Waals surface area contributed by atoms with Crippen molar-refractivity contribution in [1.82, 2.24) is 15.4 Å². The first kappa shape index (κ1) is 5.81. The third-order valence-corrected chi connectivity index (χ3v) is 0.930. The minimum absolute atomic E-state index is 0.743. The molecule has 9 heavy (non-hydrogen) atoms. The van der Waals surface area contributed by atoms with Gasteiger partial charge in [0, 0.05) is 12.6 Å². The van der Waals surface area contributed by atoms with E-state index in [0.29, 0.717) is 0 Å². The Balaban J connectivity index is 2.48. The zero-order valence-electron chi connectivity index (χ0n) is 4.91. The van der Waals surface area contributed by atoms with Gasteiger partial charge in [0.05, 0.1) is 5.69 Å². The van der Waals surface area contributed by atoms with E-state index in [1.54, 1.807) is 6.20 Å². The molecule has 0 aliphatic carbocycles. The molecule has 0 aromatic carbocycles. The van der Waals surface area contributed by atoms with Crippen molar-refractivity contribution < 1.29 is 0 Å². The molecule has 0 unspecified atom stereocenters. The minimum atomic E-state index is 0.743. The molecule has 4 heteroatoms. The Kier molecular flexibility index (Phi) is 1.85. The minimum Gasteiger partial charge on any atom is -0.405 e. The Labute approximate surface area is 52.8 Å². The summed E-state index contributed by atoms with van der Waals surface area (Å²) in [5.74, 6) is 0. The molecular weight excluding hydrogens is 116 g/mol. The largest absolute Gasteiger partial charge is 0.405 e. The molecule has 0 fully saturated rings. The highest BCUT2D eigenvalue weighted by Crippen LogP contribution is 1.89. The summed E-state index contributed by atoms with van der Waals surface area (Å²) in [6.45, 7) is 0. The number of hydrogen-bond acceptors (Lipinski definition) is 3. The van der Waals surface area contributed by atoms with Crippen molar-refractivity contribution in [2.24, 2.45) is 5.73 Å². The lowest BCUT2D eigenvalue weighted by Crippen LogP contribution is -1.82. The summed E-state index contributed by atoms with van der Waals surface area (Å²) >= 11 is 0. The van der Waals surface area contributed by atoms with E-state index >= 15 is 0 Å². The van der Waals surface area contributed by atoms with E-state index in [0.717, 1.165) is 12.1 Å². The van der Waals surface area contributed by atoms with E-state index in [2.05, 4.69) is 15.4 Å². The Morgan fingerprint density at radius 3 is 3.22 bits per heavy atom. The summed E-state index contributed by atoms with van der Waals surface area (Å²) in [6, 6.07) is 0. The average Bonchev–Trinajstić information content (AvgIpc) is 2.34. The van der Waals surface area contributed by atoms with Crippen molar-refractivity contribution in [3.8, 4) is 0 Å². The number of rotatable bonds is 2. The Bertz CT molecular complexity index is 177. The summed E-state index contributed by atoms with van der Waals surface area (Å²) in [6.07, 6.45) is 5.79. The molecule has 3 N–H and O–H groups in total. The van der Waals surface area contributed by atoms with E-state index in [1.807, 2.05) is 6.08 Å². The normalized spacial score (nSPS) is 10.7. The monoisotopic (exact) mass is 124 g/mol. The molecule has 0 saturated carbocycles. The van der Waals surface area contributed by atoms with Crippen molar-refractivity contribution in [1.29, 1.82) is 0 Å². The standard InChI is InChI=1S/C5H8N4/c6-3-1-2-5-4-7-9-8-5/h1,3-4H,2,6H2,(H,7,8,9). The molecule has 0 radical (unpaired) electrons. The summed E-state index contributed by atoms with van der Waals surface area (Å²) < 4.78 is 0. The van der Waals surface area contributed by atoms with Gasteiger partial charge in [-0.25, -0.2) is 0 Å². The number of allylic oxidation sites excluding steroid dienone is 1. The maximum atomic E-state index is 5.11. The summed E-state index contributed by atoms with van der Waals surface area (Å²) in [7, 11) is 0. The smallest absolute Gasteiger partial charge is 0.0862 e. The van der Waals surface area contributed by atoms with Crippen LogP contribution in [0.2, 0.25) is 0 Å². The third-order valence-electron chi connectivity index (χ3n) is 0.930. The highest BCUT2D eigenvalue weighted by molar-refractivity contribution is 4.98. The molecule has 0 saturated heterocycles. The number of hydrogen-bond donors (Lipinski definition) is 2. The van der Waals surface area contributed by atoms with Gasteiger partial charge in [-0.1, -0.05) is 11.3 Å². The van der Waals surface area contributed by atoms with Gasteiger partial charge in [0.1, 0.15) is 0 Å². The van der Waals surface area contributed by atoms with E-state index in [9.17, 15) is 0 Å². The Morgan fingerprint density at radius 2 is 2.67 bits per heavy atom. The second kappa shape index (κ2) is 2.86. The fourth-order valence-electron chi connectivity index (χ4n) is 0.514. The zero-order chi connectivity index (χ0) is 6.53. The third kappa shape index (κ3) is 1.56. The van der Waals surface area contributed by atoms with Crippen molar-refractivity contribution in [2.45, 2.75) is 6.42 Å². The number of aromatic amines is 1. The summed E-state index contributed by atoms with van der Waals surface area (Å²) in [5, 5.41) is 9.87. The van der Waals surface area contributed by atoms with Gasteiger partial charge in [-0.3, -0.25) is 5.10 Å². The predicted octanol–water partition coefficient (Wildman–Crippen LogP) is -0.180. The lowest BCUT2D eigenvalue weighted by molar-refractivity contribution is 0.919. The van der Waals surface area contributed by atoms with Gasteiger partial charge in [-0.05, 0) is 6.20 Å². The molecule has 0 amide bonds. The molecule has 1 aromatic rings. The maximum absolute atomic E-state index is 5.11. The van der Waals surface area contributed by atoms with Gasteiger partial charge >= 0.3 is 0 Å². The van der Waals surface area contributed by atoms with Crippen LogP contribution in [0.1, 0.15) is 5.69 Å². The maximum Gasteiger partial charge on any atom is 0.0862 e. The van der Waals surface area contributed by atoms with Gasteiger partial charge in [0.15, 0.2) is 0 Å². The van der Waals surface area contributed by atoms with Crippen LogP contribution in [0.4, 0.5) is 0 Å². The Hall–Kier alpha value is -1.32. The summed E-state index contributed by atoms with van der Waals surface area (Å²) in [5.41, 5.74) is 6.01. The quantitative estimate of drug-likeness (QED) is 0.574.